The molecule has 158 valence electrons. The zero-order valence-electron chi connectivity index (χ0n) is 16.8. The highest BCUT2D eigenvalue weighted by Crippen LogP contribution is 2.15. The third kappa shape index (κ3) is 4.57. The Kier molecular flexibility index (Phi) is 6.20. The molecule has 2 aliphatic heterocycles. The Labute approximate surface area is 180 Å². The third-order valence-corrected chi connectivity index (χ3v) is 6.00. The molecular formula is C22H25ClN4O3. The lowest BCUT2D eigenvalue weighted by Gasteiger charge is -2.34. The summed E-state index contributed by atoms with van der Waals surface area (Å²) in [5.74, 6) is -0.0848. The Balaban J connectivity index is 1.28. The number of carbonyl (C=O) groups excluding carboxylic acids is 3. The van der Waals surface area contributed by atoms with Crippen LogP contribution in [0.2, 0.25) is 5.02 Å². The zero-order valence-corrected chi connectivity index (χ0v) is 17.5. The van der Waals surface area contributed by atoms with Gasteiger partial charge < -0.3 is 14.8 Å². The lowest BCUT2D eigenvalue weighted by molar-refractivity contribution is 0.0624. The zero-order chi connectivity index (χ0) is 21.1. The van der Waals surface area contributed by atoms with Gasteiger partial charge in [-0.1, -0.05) is 11.6 Å². The Morgan fingerprint density at radius 1 is 0.833 bits per heavy atom. The maximum atomic E-state index is 12.7. The first-order valence-corrected chi connectivity index (χ1v) is 10.7. The van der Waals surface area contributed by atoms with E-state index in [0.29, 0.717) is 48.0 Å². The average Bonchev–Trinajstić information content (AvgIpc) is 3.46. The highest BCUT2D eigenvalue weighted by molar-refractivity contribution is 6.30. The molecule has 3 heterocycles. The number of carbonyl (C=O) groups is 3. The van der Waals surface area contributed by atoms with Crippen molar-refractivity contribution in [3.8, 4) is 0 Å². The summed E-state index contributed by atoms with van der Waals surface area (Å²) in [5, 5.41) is 0.602. The second-order valence-electron chi connectivity index (χ2n) is 7.80. The Morgan fingerprint density at radius 3 is 2.13 bits per heavy atom. The van der Waals surface area contributed by atoms with Crippen molar-refractivity contribution in [2.75, 3.05) is 45.8 Å². The molecule has 0 atom stereocenters. The second-order valence-corrected chi connectivity index (χ2v) is 8.24. The molecule has 2 aliphatic rings. The fraction of sp³-hybridized carbons (Fsp3) is 0.409. The number of nitrogens with zero attached hydrogens (tertiary/aromatic N) is 3. The van der Waals surface area contributed by atoms with Crippen molar-refractivity contribution >= 4 is 29.2 Å². The molecule has 2 saturated heterocycles. The number of H-pyrrole nitrogens is 1. The maximum absolute atomic E-state index is 12.7. The van der Waals surface area contributed by atoms with Crippen LogP contribution in [0.4, 0.5) is 0 Å². The molecule has 1 aromatic heterocycles. The maximum Gasteiger partial charge on any atom is 0.270 e. The largest absolute Gasteiger partial charge is 0.356 e. The van der Waals surface area contributed by atoms with Gasteiger partial charge in [-0.2, -0.15) is 0 Å². The van der Waals surface area contributed by atoms with Crippen LogP contribution in [0, 0.1) is 0 Å². The van der Waals surface area contributed by atoms with E-state index in [0.717, 1.165) is 25.9 Å². The van der Waals surface area contributed by atoms with E-state index in [4.69, 9.17) is 11.6 Å². The molecule has 2 fully saturated rings. The van der Waals surface area contributed by atoms with Crippen molar-refractivity contribution in [1.29, 1.82) is 0 Å². The van der Waals surface area contributed by atoms with E-state index in [1.807, 2.05) is 9.80 Å². The van der Waals surface area contributed by atoms with Crippen LogP contribution in [0.15, 0.2) is 36.5 Å². The molecule has 2 amide bonds. The first-order valence-electron chi connectivity index (χ1n) is 10.3. The molecule has 1 aromatic carbocycles. The van der Waals surface area contributed by atoms with E-state index in [-0.39, 0.29) is 24.1 Å². The van der Waals surface area contributed by atoms with Gasteiger partial charge in [0.2, 0.25) is 0 Å². The summed E-state index contributed by atoms with van der Waals surface area (Å²) in [6.45, 7) is 4.24. The van der Waals surface area contributed by atoms with Gasteiger partial charge in [0.05, 0.1) is 6.54 Å². The number of hydrogen-bond acceptors (Lipinski definition) is 4. The van der Waals surface area contributed by atoms with Crippen LogP contribution >= 0.6 is 11.6 Å². The first kappa shape index (κ1) is 20.6. The smallest absolute Gasteiger partial charge is 0.270 e. The summed E-state index contributed by atoms with van der Waals surface area (Å²) in [5.41, 5.74) is 1.61. The Morgan fingerprint density at radius 2 is 1.47 bits per heavy atom. The van der Waals surface area contributed by atoms with Crippen molar-refractivity contribution in [3.63, 3.8) is 0 Å². The van der Waals surface area contributed by atoms with E-state index in [1.54, 1.807) is 41.4 Å². The SMILES string of the molecule is O=C(CN1CCN(C(=O)c2ccc(Cl)cc2)CC1)c1c[nH]c(C(=O)N2CCCC2)c1. The molecule has 2 aromatic rings. The molecule has 30 heavy (non-hydrogen) atoms. The second kappa shape index (κ2) is 9.02. The summed E-state index contributed by atoms with van der Waals surface area (Å²) >= 11 is 5.89. The fourth-order valence-electron chi connectivity index (χ4n) is 3.95. The van der Waals surface area contributed by atoms with Gasteiger partial charge in [0.25, 0.3) is 11.8 Å². The summed E-state index contributed by atoms with van der Waals surface area (Å²) in [6.07, 6.45) is 3.68. The molecule has 1 N–H and O–H groups in total. The van der Waals surface area contributed by atoms with Crippen LogP contribution in [0.1, 0.15) is 44.0 Å². The topological polar surface area (TPSA) is 76.7 Å². The van der Waals surface area contributed by atoms with Crippen molar-refractivity contribution in [3.05, 3.63) is 58.4 Å². The Hall–Kier alpha value is -2.64. The monoisotopic (exact) mass is 428 g/mol. The molecule has 0 saturated carbocycles. The van der Waals surface area contributed by atoms with E-state index in [1.165, 1.54) is 0 Å². The number of nitrogens with one attached hydrogen (secondary N) is 1. The lowest BCUT2D eigenvalue weighted by Crippen LogP contribution is -2.49. The molecule has 8 heteroatoms. The molecule has 0 radical (unpaired) electrons. The highest BCUT2D eigenvalue weighted by atomic mass is 35.5. The van der Waals surface area contributed by atoms with Crippen LogP contribution < -0.4 is 0 Å². The van der Waals surface area contributed by atoms with E-state index in [2.05, 4.69) is 4.98 Å². The number of halogens is 1. The van der Waals surface area contributed by atoms with Gasteiger partial charge in [-0.05, 0) is 43.2 Å². The minimum absolute atomic E-state index is 0.0201. The van der Waals surface area contributed by atoms with E-state index >= 15 is 0 Å². The van der Waals surface area contributed by atoms with Gasteiger partial charge in [-0.3, -0.25) is 19.3 Å². The predicted molar refractivity (Wildman–Crippen MR) is 114 cm³/mol. The van der Waals surface area contributed by atoms with Crippen molar-refractivity contribution < 1.29 is 14.4 Å². The molecule has 0 spiro atoms. The first-order chi connectivity index (χ1) is 14.5. The fourth-order valence-corrected chi connectivity index (χ4v) is 4.07. The van der Waals surface area contributed by atoms with Crippen LogP contribution in [0.3, 0.4) is 0 Å². The minimum atomic E-state index is -0.0409. The summed E-state index contributed by atoms with van der Waals surface area (Å²) < 4.78 is 0. The molecular weight excluding hydrogens is 404 g/mol. The van der Waals surface area contributed by atoms with Crippen LogP contribution in [-0.4, -0.2) is 83.1 Å². The number of Topliss-reactive ketones (excluding diaryl/α,β-unsaturated/α-hetero) is 1. The molecule has 0 aliphatic carbocycles. The summed E-state index contributed by atoms with van der Waals surface area (Å²) in [6, 6.07) is 8.54. The number of benzene rings is 1. The van der Waals surface area contributed by atoms with Crippen LogP contribution in [0.5, 0.6) is 0 Å². The van der Waals surface area contributed by atoms with Gasteiger partial charge in [-0.15, -0.1) is 0 Å². The summed E-state index contributed by atoms with van der Waals surface area (Å²) in [4.78, 5) is 46.3. The predicted octanol–water partition coefficient (Wildman–Crippen LogP) is 2.54. The standard InChI is InChI=1S/C22H25ClN4O3/c23-18-5-3-16(4-6-18)21(29)27-11-9-25(10-12-27)15-20(28)17-13-19(24-14-17)22(30)26-7-1-2-8-26/h3-6,13-14,24H,1-2,7-12,15H2. The number of piperazine rings is 1. The number of hydrogen-bond donors (Lipinski definition) is 1. The number of aromatic nitrogens is 1. The van der Waals surface area contributed by atoms with Gasteiger partial charge >= 0.3 is 0 Å². The van der Waals surface area contributed by atoms with Crippen LogP contribution in [-0.2, 0) is 0 Å². The van der Waals surface area contributed by atoms with Crippen LogP contribution in [0.25, 0.3) is 0 Å². The summed E-state index contributed by atoms with van der Waals surface area (Å²) in [7, 11) is 0. The number of likely N-dealkylation sites (tertiary alicyclic amines) is 1. The van der Waals surface area contributed by atoms with E-state index < -0.39 is 0 Å². The number of aromatic amines is 1. The van der Waals surface area contributed by atoms with Crippen molar-refractivity contribution in [2.24, 2.45) is 0 Å². The number of rotatable bonds is 5. The lowest BCUT2D eigenvalue weighted by atomic mass is 10.1. The van der Waals surface area contributed by atoms with Gasteiger partial charge in [0.1, 0.15) is 5.69 Å². The van der Waals surface area contributed by atoms with Gasteiger partial charge in [0.15, 0.2) is 5.78 Å². The third-order valence-electron chi connectivity index (χ3n) is 5.75. The molecule has 0 unspecified atom stereocenters. The Bertz CT molecular complexity index is 926. The molecule has 7 nitrogen and oxygen atoms in total. The number of ketones is 1. The number of amides is 2. The van der Waals surface area contributed by atoms with Gasteiger partial charge in [-0.25, -0.2) is 0 Å². The average molecular weight is 429 g/mol. The van der Waals surface area contributed by atoms with Crippen molar-refractivity contribution in [1.82, 2.24) is 19.7 Å². The highest BCUT2D eigenvalue weighted by Gasteiger charge is 2.25. The minimum Gasteiger partial charge on any atom is -0.356 e. The molecule has 0 bridgehead atoms. The quantitative estimate of drug-likeness (QED) is 0.742. The van der Waals surface area contributed by atoms with E-state index in [9.17, 15) is 14.4 Å². The van der Waals surface area contributed by atoms with Gasteiger partial charge in [0, 0.05) is 61.6 Å². The normalized spacial score (nSPS) is 17.4. The molecule has 4 rings (SSSR count). The van der Waals surface area contributed by atoms with Crippen molar-refractivity contribution in [2.45, 2.75) is 12.8 Å².